The number of carbonyl (C=O) groups is 1. The maximum absolute atomic E-state index is 11.1. The molecular weight excluding hydrogens is 400 g/mol. The lowest BCUT2D eigenvalue weighted by Crippen LogP contribution is -2.02. The Morgan fingerprint density at radius 3 is 2.52 bits per heavy atom. The molecule has 1 aromatic heterocycles. The summed E-state index contributed by atoms with van der Waals surface area (Å²) < 4.78 is 6.15. The van der Waals surface area contributed by atoms with E-state index < -0.39 is 0 Å². The minimum Gasteiger partial charge on any atom is -0.407 e. The Kier molecular flexibility index (Phi) is 7.28. The van der Waals surface area contributed by atoms with E-state index in [-0.39, 0.29) is 5.97 Å². The molecule has 0 unspecified atom stereocenters. The van der Waals surface area contributed by atoms with E-state index in [0.29, 0.717) is 10.9 Å². The minimum absolute atomic E-state index is 0.372. The third-order valence-electron chi connectivity index (χ3n) is 3.04. The fraction of sp³-hybridized carbons (Fsp3) is 0.158. The van der Waals surface area contributed by atoms with E-state index in [2.05, 4.69) is 50.2 Å². The molecule has 0 aliphatic heterocycles. The fourth-order valence-electron chi connectivity index (χ4n) is 2.05. The van der Waals surface area contributed by atoms with Crippen LogP contribution in [-0.4, -0.2) is 15.9 Å². The second kappa shape index (κ2) is 9.44. The highest BCUT2D eigenvalue weighted by Crippen LogP contribution is 2.34. The summed E-state index contributed by atoms with van der Waals surface area (Å²) >= 11 is 4.89. The van der Waals surface area contributed by atoms with Gasteiger partial charge in [-0.2, -0.15) is 0 Å². The largest absolute Gasteiger partial charge is 0.407 e. The molecule has 1 N–H and O–H groups in total. The number of benzene rings is 2. The van der Waals surface area contributed by atoms with Crippen molar-refractivity contribution in [1.82, 2.24) is 9.97 Å². The van der Waals surface area contributed by atoms with Crippen molar-refractivity contribution in [2.45, 2.75) is 30.7 Å². The van der Waals surface area contributed by atoms with Crippen LogP contribution in [0, 0.1) is 0 Å². The van der Waals surface area contributed by atoms with E-state index >= 15 is 0 Å². The smallest absolute Gasteiger partial charge is 0.309 e. The number of esters is 1. The summed E-state index contributed by atoms with van der Waals surface area (Å²) in [5, 5.41) is 0.633. The van der Waals surface area contributed by atoms with Crippen LogP contribution < -0.4 is 4.74 Å². The molecule has 0 radical (unpaired) electrons. The molecule has 0 aliphatic carbocycles. The molecule has 3 rings (SSSR count). The van der Waals surface area contributed by atoms with Gasteiger partial charge in [0.15, 0.2) is 5.03 Å². The number of nitrogens with zero attached hydrogens (tertiary/aromatic N) is 1. The zero-order valence-corrected chi connectivity index (χ0v) is 16.6. The van der Waals surface area contributed by atoms with Gasteiger partial charge in [0.2, 0.25) is 5.88 Å². The van der Waals surface area contributed by atoms with E-state index in [9.17, 15) is 4.79 Å². The molecule has 0 bridgehead atoms. The van der Waals surface area contributed by atoms with Gasteiger partial charge in [-0.05, 0) is 35.4 Å². The van der Waals surface area contributed by atoms with Gasteiger partial charge in [0.1, 0.15) is 0 Å². The van der Waals surface area contributed by atoms with Crippen molar-refractivity contribution >= 4 is 33.7 Å². The molecule has 0 amide bonds. The third-order valence-corrected chi connectivity index (χ3v) is 4.55. The lowest BCUT2D eigenvalue weighted by Gasteiger charge is -2.06. The average molecular weight is 419 g/mol. The zero-order chi connectivity index (χ0) is 18.2. The van der Waals surface area contributed by atoms with Crippen LogP contribution in [0.4, 0.5) is 0 Å². The molecule has 25 heavy (non-hydrogen) atoms. The molecule has 0 fully saturated rings. The molecule has 3 aromatic rings. The number of H-pyrrole nitrogens is 1. The van der Waals surface area contributed by atoms with Gasteiger partial charge in [-0.1, -0.05) is 65.8 Å². The topological polar surface area (TPSA) is 55.0 Å². The second-order valence-corrected chi connectivity index (χ2v) is 6.75. The van der Waals surface area contributed by atoms with Crippen molar-refractivity contribution < 1.29 is 9.53 Å². The van der Waals surface area contributed by atoms with E-state index in [1.165, 1.54) is 25.0 Å². The van der Waals surface area contributed by atoms with Crippen molar-refractivity contribution in [2.24, 2.45) is 0 Å². The Morgan fingerprint density at radius 2 is 1.84 bits per heavy atom. The van der Waals surface area contributed by atoms with Crippen LogP contribution in [0.3, 0.4) is 0 Å². The Labute approximate surface area is 160 Å². The summed E-state index contributed by atoms with van der Waals surface area (Å²) in [7, 11) is 0. The summed E-state index contributed by atoms with van der Waals surface area (Å²) in [4.78, 5) is 19.2. The summed E-state index contributed by atoms with van der Waals surface area (Å²) in [5.74, 6) is -0.00346. The van der Waals surface area contributed by atoms with Crippen LogP contribution in [-0.2, 0) is 4.79 Å². The van der Waals surface area contributed by atoms with Crippen molar-refractivity contribution in [1.29, 1.82) is 0 Å². The summed E-state index contributed by atoms with van der Waals surface area (Å²) in [6, 6.07) is 16.3. The molecule has 6 heteroatoms. The Bertz CT molecular complexity index is 831. The number of hydrogen-bond acceptors (Lipinski definition) is 4. The molecule has 0 atom stereocenters. The molecular formula is C19H19BrN2O2S. The number of carbonyl (C=O) groups excluding carboxylic acids is 1. The number of nitrogens with one attached hydrogen (secondary N) is 1. The zero-order valence-electron chi connectivity index (χ0n) is 14.2. The predicted octanol–water partition coefficient (Wildman–Crippen LogP) is 5.94. The SMILES string of the molecule is CC.CC(=O)Oc1[nH]cnc1Sc1cccc(-c2ccc(Br)cc2)c1. The standard InChI is InChI=1S/C17H13BrN2O2S.C2H6/c1-11(21)22-16-17(20-10-19-16)23-15-4-2-3-13(9-15)12-5-7-14(18)8-6-12;1-2/h2-10H,1H3,(H,19,20);1-2H3. The minimum atomic E-state index is -0.375. The van der Waals surface area contributed by atoms with Gasteiger partial charge in [-0.25, -0.2) is 4.98 Å². The molecule has 0 saturated heterocycles. The first-order chi connectivity index (χ1) is 12.1. The molecule has 130 valence electrons. The van der Waals surface area contributed by atoms with E-state index in [1.54, 1.807) is 0 Å². The summed E-state index contributed by atoms with van der Waals surface area (Å²) in [5.41, 5.74) is 2.25. The molecule has 0 saturated carbocycles. The molecule has 2 aromatic carbocycles. The summed E-state index contributed by atoms with van der Waals surface area (Å²) in [6.45, 7) is 5.36. The van der Waals surface area contributed by atoms with E-state index in [0.717, 1.165) is 20.5 Å². The molecule has 1 heterocycles. The van der Waals surface area contributed by atoms with Crippen LogP contribution in [0.1, 0.15) is 20.8 Å². The normalized spacial score (nSPS) is 9.92. The number of ether oxygens (including phenoxy) is 1. The fourth-order valence-corrected chi connectivity index (χ4v) is 3.17. The first kappa shape index (κ1) is 19.3. The van der Waals surface area contributed by atoms with Crippen molar-refractivity contribution in [2.75, 3.05) is 0 Å². The number of rotatable bonds is 4. The number of aromatic amines is 1. The van der Waals surface area contributed by atoms with Gasteiger partial charge in [0, 0.05) is 16.3 Å². The lowest BCUT2D eigenvalue weighted by molar-refractivity contribution is -0.132. The summed E-state index contributed by atoms with van der Waals surface area (Å²) in [6.07, 6.45) is 1.51. The van der Waals surface area contributed by atoms with Gasteiger partial charge in [0.05, 0.1) is 6.33 Å². The van der Waals surface area contributed by atoms with Crippen molar-refractivity contribution in [3.8, 4) is 17.0 Å². The van der Waals surface area contributed by atoms with Crippen molar-refractivity contribution in [3.63, 3.8) is 0 Å². The van der Waals surface area contributed by atoms with Crippen LogP contribution in [0.2, 0.25) is 0 Å². The maximum atomic E-state index is 11.1. The molecule has 0 spiro atoms. The maximum Gasteiger partial charge on any atom is 0.309 e. The van der Waals surface area contributed by atoms with Gasteiger partial charge in [0.25, 0.3) is 0 Å². The molecule has 0 aliphatic rings. The van der Waals surface area contributed by atoms with Crippen LogP contribution in [0.25, 0.3) is 11.1 Å². The Hall–Kier alpha value is -2.05. The van der Waals surface area contributed by atoms with E-state index in [1.807, 2.05) is 38.1 Å². The second-order valence-electron chi connectivity index (χ2n) is 4.77. The van der Waals surface area contributed by atoms with Gasteiger partial charge in [-0.15, -0.1) is 0 Å². The first-order valence-electron chi connectivity index (χ1n) is 7.87. The first-order valence-corrected chi connectivity index (χ1v) is 9.48. The van der Waals surface area contributed by atoms with Crippen molar-refractivity contribution in [3.05, 3.63) is 59.3 Å². The Morgan fingerprint density at radius 1 is 1.12 bits per heavy atom. The van der Waals surface area contributed by atoms with Crippen LogP contribution >= 0.6 is 27.7 Å². The highest BCUT2D eigenvalue weighted by molar-refractivity contribution is 9.10. The number of aromatic nitrogens is 2. The van der Waals surface area contributed by atoms with Crippen LogP contribution in [0.15, 0.2) is 69.3 Å². The Balaban J connectivity index is 0.00000109. The third kappa shape index (κ3) is 5.47. The predicted molar refractivity (Wildman–Crippen MR) is 105 cm³/mol. The highest BCUT2D eigenvalue weighted by Gasteiger charge is 2.11. The lowest BCUT2D eigenvalue weighted by atomic mass is 10.1. The number of hydrogen-bond donors (Lipinski definition) is 1. The van der Waals surface area contributed by atoms with Gasteiger partial charge in [-0.3, -0.25) is 4.79 Å². The quantitative estimate of drug-likeness (QED) is 0.532. The average Bonchev–Trinajstić information content (AvgIpc) is 3.03. The van der Waals surface area contributed by atoms with E-state index in [4.69, 9.17) is 4.74 Å². The monoisotopic (exact) mass is 418 g/mol. The number of halogens is 1. The highest BCUT2D eigenvalue weighted by atomic mass is 79.9. The van der Waals surface area contributed by atoms with Gasteiger partial charge < -0.3 is 9.72 Å². The van der Waals surface area contributed by atoms with Crippen LogP contribution in [0.5, 0.6) is 5.88 Å². The molecule has 4 nitrogen and oxygen atoms in total. The van der Waals surface area contributed by atoms with Gasteiger partial charge >= 0.3 is 5.97 Å². The number of imidazole rings is 1.